The first-order valence-electron chi connectivity index (χ1n) is 10.9. The molecule has 0 saturated carbocycles. The van der Waals surface area contributed by atoms with E-state index in [0.717, 1.165) is 11.3 Å². The van der Waals surface area contributed by atoms with Crippen molar-refractivity contribution in [2.24, 2.45) is 0 Å². The van der Waals surface area contributed by atoms with Gasteiger partial charge in [0.25, 0.3) is 0 Å². The molecule has 0 spiro atoms. The van der Waals surface area contributed by atoms with Crippen LogP contribution in [0.4, 0.5) is 0 Å². The van der Waals surface area contributed by atoms with E-state index in [0.29, 0.717) is 6.61 Å². The summed E-state index contributed by atoms with van der Waals surface area (Å²) in [5.41, 5.74) is 4.35. The Morgan fingerprint density at radius 2 is 0.968 bits per heavy atom. The largest absolute Gasteiger partial charge is 0.492 e. The molecule has 0 radical (unpaired) electrons. The summed E-state index contributed by atoms with van der Waals surface area (Å²) < 4.78 is 6.55. The highest BCUT2D eigenvalue weighted by atomic mass is 16.5. The predicted octanol–water partition coefficient (Wildman–Crippen LogP) is 7.34. The first-order chi connectivity index (χ1) is 15.1. The Morgan fingerprint density at radius 1 is 0.548 bits per heavy atom. The SMILES string of the molecule is Cc1ccccc1OCC(C)(c1ccccc1)C(C)(c1ccccc1)c1ccccc1. The van der Waals surface area contributed by atoms with Crippen molar-refractivity contribution in [1.29, 1.82) is 0 Å². The third kappa shape index (κ3) is 3.88. The molecule has 0 N–H and O–H groups in total. The molecule has 1 unspecified atom stereocenters. The minimum absolute atomic E-state index is 0.306. The molecule has 0 fully saturated rings. The van der Waals surface area contributed by atoms with Crippen molar-refractivity contribution in [3.05, 3.63) is 138 Å². The summed E-state index contributed by atoms with van der Waals surface area (Å²) in [6.07, 6.45) is 0. The van der Waals surface area contributed by atoms with E-state index in [2.05, 4.69) is 130 Å². The molecular weight excluding hydrogens is 376 g/mol. The predicted molar refractivity (Wildman–Crippen MR) is 130 cm³/mol. The van der Waals surface area contributed by atoms with Gasteiger partial charge in [-0.05, 0) is 35.2 Å². The normalized spacial score (nSPS) is 13.4. The van der Waals surface area contributed by atoms with Crippen LogP contribution in [-0.2, 0) is 10.8 Å². The summed E-state index contributed by atoms with van der Waals surface area (Å²) in [6.45, 7) is 7.34. The highest BCUT2D eigenvalue weighted by molar-refractivity contribution is 5.48. The highest BCUT2D eigenvalue weighted by Gasteiger charge is 2.48. The molecule has 0 saturated heterocycles. The number of ether oxygens (including phenoxy) is 1. The monoisotopic (exact) mass is 406 g/mol. The minimum Gasteiger partial charge on any atom is -0.492 e. The summed E-state index contributed by atoms with van der Waals surface area (Å²) >= 11 is 0. The van der Waals surface area contributed by atoms with E-state index in [1.165, 1.54) is 16.7 Å². The van der Waals surface area contributed by atoms with Gasteiger partial charge in [0.15, 0.2) is 0 Å². The van der Waals surface area contributed by atoms with E-state index < -0.39 is 0 Å². The Kier molecular flexibility index (Phi) is 5.95. The number of hydrogen-bond donors (Lipinski definition) is 0. The number of benzene rings is 4. The molecule has 4 aromatic carbocycles. The lowest BCUT2D eigenvalue weighted by Crippen LogP contribution is -2.50. The Morgan fingerprint density at radius 3 is 1.45 bits per heavy atom. The zero-order valence-electron chi connectivity index (χ0n) is 18.6. The summed E-state index contributed by atoms with van der Waals surface area (Å²) in [4.78, 5) is 0. The summed E-state index contributed by atoms with van der Waals surface area (Å²) in [7, 11) is 0. The summed E-state index contributed by atoms with van der Waals surface area (Å²) in [6, 6.07) is 40.7. The van der Waals surface area contributed by atoms with Crippen molar-refractivity contribution in [1.82, 2.24) is 0 Å². The maximum atomic E-state index is 6.55. The van der Waals surface area contributed by atoms with E-state index >= 15 is 0 Å². The van der Waals surface area contributed by atoms with Crippen molar-refractivity contribution < 1.29 is 4.74 Å². The number of hydrogen-bond acceptors (Lipinski definition) is 1. The number of rotatable bonds is 7. The van der Waals surface area contributed by atoms with Crippen molar-refractivity contribution in [2.45, 2.75) is 31.6 Å². The van der Waals surface area contributed by atoms with Gasteiger partial charge >= 0.3 is 0 Å². The fourth-order valence-corrected chi connectivity index (χ4v) is 4.61. The first-order valence-corrected chi connectivity index (χ1v) is 10.9. The zero-order valence-corrected chi connectivity index (χ0v) is 18.6. The Bertz CT molecular complexity index is 1060. The first kappa shape index (κ1) is 20.9. The molecule has 0 aliphatic rings. The van der Waals surface area contributed by atoms with Gasteiger partial charge in [0.1, 0.15) is 5.75 Å². The van der Waals surface area contributed by atoms with Crippen LogP contribution in [0.5, 0.6) is 5.75 Å². The van der Waals surface area contributed by atoms with Crippen molar-refractivity contribution in [3.8, 4) is 5.75 Å². The topological polar surface area (TPSA) is 9.23 Å². The van der Waals surface area contributed by atoms with Crippen LogP contribution in [0.3, 0.4) is 0 Å². The van der Waals surface area contributed by atoms with Crippen LogP contribution < -0.4 is 4.74 Å². The Balaban J connectivity index is 1.90. The Labute approximate surface area is 186 Å². The second kappa shape index (κ2) is 8.81. The molecular formula is C30H30O. The lowest BCUT2D eigenvalue weighted by atomic mass is 9.56. The number of aryl methyl sites for hydroxylation is 1. The molecule has 156 valence electrons. The van der Waals surface area contributed by atoms with Crippen molar-refractivity contribution in [2.75, 3.05) is 6.61 Å². The van der Waals surface area contributed by atoms with Gasteiger partial charge in [0.05, 0.1) is 6.61 Å². The van der Waals surface area contributed by atoms with Gasteiger partial charge < -0.3 is 4.74 Å². The molecule has 1 heteroatoms. The molecule has 31 heavy (non-hydrogen) atoms. The van der Waals surface area contributed by atoms with Crippen LogP contribution in [0.2, 0.25) is 0 Å². The molecule has 0 heterocycles. The minimum atomic E-state index is -0.320. The summed E-state index contributed by atoms with van der Waals surface area (Å²) in [5, 5.41) is 0. The molecule has 1 nitrogen and oxygen atoms in total. The standard InChI is InChI=1S/C30H30O/c1-24-15-13-14-22-28(24)31-23-29(2,25-16-7-4-8-17-25)30(3,26-18-9-5-10-19-26)27-20-11-6-12-21-27/h4-22H,23H2,1-3H3. The van der Waals surface area contributed by atoms with E-state index in [9.17, 15) is 0 Å². The van der Waals surface area contributed by atoms with Gasteiger partial charge in [-0.3, -0.25) is 0 Å². The maximum absolute atomic E-state index is 6.55. The third-order valence-electron chi connectivity index (χ3n) is 6.83. The highest BCUT2D eigenvalue weighted by Crippen LogP contribution is 2.49. The third-order valence-corrected chi connectivity index (χ3v) is 6.83. The quantitative estimate of drug-likeness (QED) is 0.312. The second-order valence-electron chi connectivity index (χ2n) is 8.61. The second-order valence-corrected chi connectivity index (χ2v) is 8.61. The molecule has 4 aromatic rings. The van der Waals surface area contributed by atoms with Crippen LogP contribution >= 0.6 is 0 Å². The summed E-state index contributed by atoms with van der Waals surface area (Å²) in [5.74, 6) is 0.938. The van der Waals surface area contributed by atoms with E-state index in [1.807, 2.05) is 6.07 Å². The molecule has 0 aliphatic heterocycles. The average molecular weight is 407 g/mol. The fraction of sp³-hybridized carbons (Fsp3) is 0.200. The number of para-hydroxylation sites is 1. The lowest BCUT2D eigenvalue weighted by Gasteiger charge is -2.48. The van der Waals surface area contributed by atoms with Gasteiger partial charge in [-0.1, -0.05) is 123 Å². The van der Waals surface area contributed by atoms with Crippen LogP contribution in [0.1, 0.15) is 36.1 Å². The van der Waals surface area contributed by atoms with E-state index in [-0.39, 0.29) is 10.8 Å². The fourth-order valence-electron chi connectivity index (χ4n) is 4.61. The maximum Gasteiger partial charge on any atom is 0.122 e. The molecule has 1 atom stereocenters. The average Bonchev–Trinajstić information content (AvgIpc) is 2.84. The molecule has 0 aliphatic carbocycles. The van der Waals surface area contributed by atoms with Crippen LogP contribution in [0.15, 0.2) is 115 Å². The van der Waals surface area contributed by atoms with Gasteiger partial charge in [-0.25, -0.2) is 0 Å². The molecule has 4 rings (SSSR count). The van der Waals surface area contributed by atoms with Gasteiger partial charge in [-0.2, -0.15) is 0 Å². The van der Waals surface area contributed by atoms with Crippen LogP contribution in [0, 0.1) is 6.92 Å². The Hall–Kier alpha value is -3.32. The zero-order chi connectivity index (χ0) is 21.7. The van der Waals surface area contributed by atoms with E-state index in [4.69, 9.17) is 4.74 Å². The van der Waals surface area contributed by atoms with Crippen molar-refractivity contribution in [3.63, 3.8) is 0 Å². The van der Waals surface area contributed by atoms with Crippen LogP contribution in [-0.4, -0.2) is 6.61 Å². The molecule has 0 aromatic heterocycles. The smallest absolute Gasteiger partial charge is 0.122 e. The molecule has 0 amide bonds. The lowest BCUT2D eigenvalue weighted by molar-refractivity contribution is 0.168. The van der Waals surface area contributed by atoms with Gasteiger partial charge in [-0.15, -0.1) is 0 Å². The van der Waals surface area contributed by atoms with Crippen LogP contribution in [0.25, 0.3) is 0 Å². The molecule has 0 bridgehead atoms. The van der Waals surface area contributed by atoms with Crippen molar-refractivity contribution >= 4 is 0 Å². The van der Waals surface area contributed by atoms with Gasteiger partial charge in [0.2, 0.25) is 0 Å². The van der Waals surface area contributed by atoms with E-state index in [1.54, 1.807) is 0 Å². The van der Waals surface area contributed by atoms with Gasteiger partial charge in [0, 0.05) is 10.8 Å².